The molecule has 21 heavy (non-hydrogen) atoms. The van der Waals surface area contributed by atoms with Gasteiger partial charge in [-0.2, -0.15) is 17.7 Å². The van der Waals surface area contributed by atoms with E-state index < -0.39 is 12.0 Å². The second-order valence-electron chi connectivity index (χ2n) is 4.82. The molecule has 0 fully saturated rings. The van der Waals surface area contributed by atoms with E-state index in [1.54, 1.807) is 6.07 Å². The van der Waals surface area contributed by atoms with Gasteiger partial charge in [0.25, 0.3) is 5.82 Å². The van der Waals surface area contributed by atoms with Crippen LogP contribution in [0.1, 0.15) is 12.2 Å². The number of rotatable bonds is 3. The zero-order chi connectivity index (χ0) is 15.0. The fraction of sp³-hybridized carbons (Fsp3) is 0.417. The van der Waals surface area contributed by atoms with Crippen molar-refractivity contribution in [2.24, 2.45) is 5.92 Å². The maximum absolute atomic E-state index is 12.8. The predicted octanol–water partition coefficient (Wildman–Crippen LogP) is 1.49. The van der Waals surface area contributed by atoms with Gasteiger partial charge < -0.3 is 10.4 Å². The lowest BCUT2D eigenvalue weighted by molar-refractivity contribution is -0.146. The lowest BCUT2D eigenvalue weighted by atomic mass is 10.1. The van der Waals surface area contributed by atoms with Crippen LogP contribution in [0.3, 0.4) is 0 Å². The van der Waals surface area contributed by atoms with Crippen LogP contribution in [-0.4, -0.2) is 37.6 Å². The molecule has 2 atom stereocenters. The van der Waals surface area contributed by atoms with Crippen molar-refractivity contribution in [1.29, 1.82) is 0 Å². The molecule has 2 heterocycles. The van der Waals surface area contributed by atoms with Crippen LogP contribution >= 0.6 is 0 Å². The van der Waals surface area contributed by atoms with Crippen molar-refractivity contribution in [3.63, 3.8) is 0 Å². The average Bonchev–Trinajstić information content (AvgIpc) is 3.03. The van der Waals surface area contributed by atoms with E-state index in [0.717, 1.165) is 0 Å². The molecule has 0 spiro atoms. The van der Waals surface area contributed by atoms with E-state index in [1.807, 2.05) is 12.2 Å². The minimum atomic E-state index is -4.61. The molecule has 2 N–H and O–H groups in total. The third-order valence-electron chi connectivity index (χ3n) is 3.26. The Hall–Kier alpha value is -2.16. The molecule has 0 unspecified atom stereocenters. The molecule has 2 aromatic rings. The molecule has 2 aromatic heterocycles. The van der Waals surface area contributed by atoms with Crippen LogP contribution in [-0.2, 0) is 6.18 Å². The van der Waals surface area contributed by atoms with Gasteiger partial charge in [0.2, 0.25) is 0 Å². The number of halogens is 3. The second-order valence-corrected chi connectivity index (χ2v) is 4.82. The van der Waals surface area contributed by atoms with Crippen LogP contribution in [0.15, 0.2) is 24.3 Å². The molecule has 0 aromatic carbocycles. The summed E-state index contributed by atoms with van der Waals surface area (Å²) < 4.78 is 39.0. The lowest BCUT2D eigenvalue weighted by Gasteiger charge is -2.13. The van der Waals surface area contributed by atoms with Crippen LogP contribution in [0.4, 0.5) is 19.0 Å². The fourth-order valence-electron chi connectivity index (χ4n) is 2.25. The van der Waals surface area contributed by atoms with Gasteiger partial charge in [-0.1, -0.05) is 12.2 Å². The maximum Gasteiger partial charge on any atom is 0.453 e. The van der Waals surface area contributed by atoms with Crippen molar-refractivity contribution in [3.05, 3.63) is 30.1 Å². The lowest BCUT2D eigenvalue weighted by Crippen LogP contribution is -2.19. The van der Waals surface area contributed by atoms with Crippen LogP contribution in [0, 0.1) is 5.92 Å². The molecule has 1 aliphatic carbocycles. The van der Waals surface area contributed by atoms with Crippen molar-refractivity contribution in [1.82, 2.24) is 19.8 Å². The topological polar surface area (TPSA) is 75.3 Å². The number of fused-ring (bicyclic) bond motifs is 1. The first-order chi connectivity index (χ1) is 9.97. The van der Waals surface area contributed by atoms with E-state index in [4.69, 9.17) is 5.11 Å². The Morgan fingerprint density at radius 1 is 1.29 bits per heavy atom. The molecule has 0 saturated heterocycles. The number of aliphatic hydroxyl groups excluding tert-OH is 1. The molecule has 0 bridgehead atoms. The normalized spacial score (nSPS) is 22.1. The van der Waals surface area contributed by atoms with Gasteiger partial charge in [0.15, 0.2) is 5.65 Å². The number of hydrogen-bond donors (Lipinski definition) is 2. The highest BCUT2D eigenvalue weighted by Gasteiger charge is 2.37. The Kier molecular flexibility index (Phi) is 3.28. The number of alkyl halides is 3. The Bertz CT molecular complexity index is 681. The molecular weight excluding hydrogens is 287 g/mol. The molecule has 9 heteroatoms. The van der Waals surface area contributed by atoms with E-state index in [1.165, 1.54) is 6.07 Å². The Morgan fingerprint density at radius 2 is 2.10 bits per heavy atom. The van der Waals surface area contributed by atoms with Gasteiger partial charge in [-0.15, -0.1) is 15.3 Å². The smallest absolute Gasteiger partial charge is 0.396 e. The molecule has 6 nitrogen and oxygen atoms in total. The maximum atomic E-state index is 12.8. The van der Waals surface area contributed by atoms with Crippen LogP contribution < -0.4 is 5.32 Å². The summed E-state index contributed by atoms with van der Waals surface area (Å²) in [7, 11) is 0. The zero-order valence-corrected chi connectivity index (χ0v) is 10.7. The van der Waals surface area contributed by atoms with E-state index in [0.29, 0.717) is 16.8 Å². The Morgan fingerprint density at radius 3 is 2.76 bits per heavy atom. The van der Waals surface area contributed by atoms with Gasteiger partial charge in [-0.05, 0) is 18.6 Å². The Labute approximate surface area is 117 Å². The summed E-state index contributed by atoms with van der Waals surface area (Å²) in [5, 5.41) is 22.5. The highest BCUT2D eigenvalue weighted by Crippen LogP contribution is 2.28. The van der Waals surface area contributed by atoms with E-state index >= 15 is 0 Å². The highest BCUT2D eigenvalue weighted by atomic mass is 19.4. The summed E-state index contributed by atoms with van der Waals surface area (Å²) in [5.74, 6) is -0.802. The molecule has 112 valence electrons. The van der Waals surface area contributed by atoms with Gasteiger partial charge in [0.1, 0.15) is 5.82 Å². The predicted molar refractivity (Wildman–Crippen MR) is 67.5 cm³/mol. The molecule has 0 aliphatic heterocycles. The van der Waals surface area contributed by atoms with Gasteiger partial charge in [0, 0.05) is 18.6 Å². The third-order valence-corrected chi connectivity index (χ3v) is 3.26. The SMILES string of the molecule is OC[C@H]1C=C[C@@H](Nc2ccc3nnc(C(F)(F)F)n3n2)C1. The van der Waals surface area contributed by atoms with Crippen LogP contribution in [0.25, 0.3) is 5.65 Å². The zero-order valence-electron chi connectivity index (χ0n) is 10.7. The highest BCUT2D eigenvalue weighted by molar-refractivity contribution is 5.45. The number of nitrogens with one attached hydrogen (secondary N) is 1. The average molecular weight is 299 g/mol. The summed E-state index contributed by atoms with van der Waals surface area (Å²) in [5.41, 5.74) is 0.0306. The van der Waals surface area contributed by atoms with Crippen LogP contribution in [0.5, 0.6) is 0 Å². The molecule has 1 aliphatic rings. The third kappa shape index (κ3) is 2.68. The van der Waals surface area contributed by atoms with Crippen molar-refractivity contribution in [3.8, 4) is 0 Å². The van der Waals surface area contributed by atoms with Gasteiger partial charge in [-0.25, -0.2) is 0 Å². The molecule has 0 saturated carbocycles. The summed E-state index contributed by atoms with van der Waals surface area (Å²) in [4.78, 5) is 0. The number of aromatic nitrogens is 4. The first-order valence-electron chi connectivity index (χ1n) is 6.33. The van der Waals surface area contributed by atoms with Crippen molar-refractivity contribution in [2.75, 3.05) is 11.9 Å². The van der Waals surface area contributed by atoms with Crippen molar-refractivity contribution in [2.45, 2.75) is 18.6 Å². The largest absolute Gasteiger partial charge is 0.453 e. The summed E-state index contributed by atoms with van der Waals surface area (Å²) in [6.45, 7) is 0.0464. The van der Waals surface area contributed by atoms with E-state index in [9.17, 15) is 13.2 Å². The molecule has 0 radical (unpaired) electrons. The molecule has 0 amide bonds. The van der Waals surface area contributed by atoms with E-state index in [2.05, 4.69) is 20.6 Å². The summed E-state index contributed by atoms with van der Waals surface area (Å²) >= 11 is 0. The monoisotopic (exact) mass is 299 g/mol. The molecular formula is C12H12F3N5O. The number of nitrogens with zero attached hydrogens (tertiary/aromatic N) is 4. The first-order valence-corrected chi connectivity index (χ1v) is 6.33. The minimum absolute atomic E-state index is 0.0306. The van der Waals surface area contributed by atoms with Crippen molar-refractivity contribution < 1.29 is 18.3 Å². The fourth-order valence-corrected chi connectivity index (χ4v) is 2.25. The van der Waals surface area contributed by atoms with E-state index in [-0.39, 0.29) is 24.2 Å². The quantitative estimate of drug-likeness (QED) is 0.840. The van der Waals surface area contributed by atoms with Gasteiger partial charge in [-0.3, -0.25) is 0 Å². The van der Waals surface area contributed by atoms with Crippen LogP contribution in [0.2, 0.25) is 0 Å². The number of hydrogen-bond acceptors (Lipinski definition) is 5. The van der Waals surface area contributed by atoms with Gasteiger partial charge >= 0.3 is 6.18 Å². The second kappa shape index (κ2) is 4.99. The first kappa shape index (κ1) is 13.8. The van der Waals surface area contributed by atoms with Gasteiger partial charge in [0.05, 0.1) is 0 Å². The summed E-state index contributed by atoms with van der Waals surface area (Å²) in [6, 6.07) is 2.89. The summed E-state index contributed by atoms with van der Waals surface area (Å²) in [6.07, 6.45) is -0.204. The number of aliphatic hydroxyl groups is 1. The Balaban J connectivity index is 1.86. The standard InChI is InChI=1S/C12H12F3N5O/c13-12(14,15)11-18-17-10-4-3-9(19-20(10)11)16-8-2-1-7(5-8)6-21/h1-4,7-8,21H,5-6H2,(H,16,19)/t7-,8+/m0/s1. The molecule has 3 rings (SSSR count). The number of anilines is 1. The van der Waals surface area contributed by atoms with Crippen molar-refractivity contribution >= 4 is 11.5 Å². The minimum Gasteiger partial charge on any atom is -0.396 e.